The van der Waals surface area contributed by atoms with Crippen LogP contribution in [-0.4, -0.2) is 11.2 Å². The van der Waals surface area contributed by atoms with E-state index in [4.69, 9.17) is 0 Å². The van der Waals surface area contributed by atoms with Crippen molar-refractivity contribution in [3.63, 3.8) is 0 Å². The number of alkyl halides is 1. The summed E-state index contributed by atoms with van der Waals surface area (Å²) in [4.78, 5) is 9.05. The minimum absolute atomic E-state index is 0.0585. The van der Waals surface area contributed by atoms with Crippen molar-refractivity contribution < 1.29 is 9.31 Å². The highest BCUT2D eigenvalue weighted by Gasteiger charge is 2.16. The largest absolute Gasteiger partial charge is 0.350 e. The van der Waals surface area contributed by atoms with Crippen molar-refractivity contribution in [1.29, 1.82) is 0 Å². The first-order valence-corrected chi connectivity index (χ1v) is 4.01. The van der Waals surface area contributed by atoms with Gasteiger partial charge in [-0.1, -0.05) is 30.3 Å². The van der Waals surface area contributed by atoms with Crippen LogP contribution in [0.5, 0.6) is 0 Å². The van der Waals surface area contributed by atoms with Crippen LogP contribution in [0.1, 0.15) is 12.0 Å². The van der Waals surface area contributed by atoms with Crippen LogP contribution in [0.4, 0.5) is 4.39 Å². The van der Waals surface area contributed by atoms with Crippen molar-refractivity contribution in [1.82, 2.24) is 0 Å². The van der Waals surface area contributed by atoms with Gasteiger partial charge < -0.3 is 0 Å². The van der Waals surface area contributed by atoms with Crippen molar-refractivity contribution in [3.8, 4) is 0 Å². The molecule has 0 aliphatic carbocycles. The predicted octanol–water partition coefficient (Wildman–Crippen LogP) is 2.19. The molecule has 0 aliphatic heterocycles. The summed E-state index contributed by atoms with van der Waals surface area (Å²) < 4.78 is 12.5. The van der Waals surface area contributed by atoms with Gasteiger partial charge in [-0.25, -0.2) is 0 Å². The quantitative estimate of drug-likeness (QED) is 0.408. The summed E-state index contributed by atoms with van der Waals surface area (Å²) >= 11 is 0. The Morgan fingerprint density at radius 2 is 2.00 bits per heavy atom. The summed E-state index contributed by atoms with van der Waals surface area (Å²) in [5.41, 5.74) is 0.923. The van der Waals surface area contributed by atoms with Crippen molar-refractivity contribution in [3.05, 3.63) is 46.0 Å². The van der Waals surface area contributed by atoms with Crippen LogP contribution < -0.4 is 0 Å². The van der Waals surface area contributed by atoms with Gasteiger partial charge in [-0.05, 0) is 12.0 Å². The highest BCUT2D eigenvalue weighted by atomic mass is 19.1. The van der Waals surface area contributed by atoms with E-state index < -0.39 is 11.2 Å². The van der Waals surface area contributed by atoms with E-state index in [1.807, 2.05) is 30.3 Å². The number of benzene rings is 1. The minimum Gasteiger partial charge on any atom is -0.262 e. The van der Waals surface area contributed by atoms with Gasteiger partial charge in [0, 0.05) is 0 Å². The molecule has 0 saturated carbocycles. The van der Waals surface area contributed by atoms with E-state index in [-0.39, 0.29) is 6.42 Å². The lowest BCUT2D eigenvalue weighted by molar-refractivity contribution is -0.554. The fraction of sp³-hybridized carbons (Fsp3) is 0.333. The molecule has 1 aromatic rings. The zero-order valence-corrected chi connectivity index (χ0v) is 7.02. The summed E-state index contributed by atoms with van der Waals surface area (Å²) in [6.45, 7) is 0. The van der Waals surface area contributed by atoms with Crippen molar-refractivity contribution >= 4 is 0 Å². The maximum atomic E-state index is 12.5. The maximum absolute atomic E-state index is 12.5. The Kier molecular flexibility index (Phi) is 3.37. The number of halogens is 1. The highest BCUT2D eigenvalue weighted by Crippen LogP contribution is 2.07. The Bertz CT molecular complexity index is 276. The van der Waals surface area contributed by atoms with Gasteiger partial charge >= 0.3 is 6.30 Å². The Hall–Kier alpha value is -1.45. The Morgan fingerprint density at radius 1 is 1.38 bits per heavy atom. The van der Waals surface area contributed by atoms with Crippen LogP contribution in [0.2, 0.25) is 0 Å². The van der Waals surface area contributed by atoms with E-state index in [9.17, 15) is 14.5 Å². The molecule has 13 heavy (non-hydrogen) atoms. The normalized spacial score (nSPS) is 12.4. The molecule has 1 rings (SSSR count). The van der Waals surface area contributed by atoms with Gasteiger partial charge in [0.05, 0.1) is 11.3 Å². The van der Waals surface area contributed by atoms with Crippen molar-refractivity contribution in [2.75, 3.05) is 0 Å². The van der Waals surface area contributed by atoms with Crippen LogP contribution in [-0.2, 0) is 6.42 Å². The number of aryl methyl sites for hydroxylation is 1. The van der Waals surface area contributed by atoms with Gasteiger partial charge in [0.2, 0.25) is 0 Å². The van der Waals surface area contributed by atoms with E-state index >= 15 is 0 Å². The third-order valence-corrected chi connectivity index (χ3v) is 1.74. The molecular formula is C9H10FNO2. The molecule has 0 aromatic heterocycles. The lowest BCUT2D eigenvalue weighted by Crippen LogP contribution is -2.13. The van der Waals surface area contributed by atoms with E-state index in [1.54, 1.807) is 0 Å². The second-order valence-corrected chi connectivity index (χ2v) is 2.74. The molecule has 0 bridgehead atoms. The molecule has 4 heteroatoms. The Balaban J connectivity index is 2.39. The van der Waals surface area contributed by atoms with Crippen molar-refractivity contribution in [2.24, 2.45) is 0 Å². The number of nitrogens with zero attached hydrogens (tertiary/aromatic N) is 1. The minimum atomic E-state index is -1.94. The molecule has 0 radical (unpaired) electrons. The van der Waals surface area contributed by atoms with Crippen LogP contribution in [0, 0.1) is 10.1 Å². The second kappa shape index (κ2) is 4.54. The molecule has 0 aliphatic rings. The number of hydrogen-bond donors (Lipinski definition) is 0. The molecule has 1 atom stereocenters. The number of hydrogen-bond acceptors (Lipinski definition) is 2. The molecule has 0 fully saturated rings. The van der Waals surface area contributed by atoms with E-state index in [1.165, 1.54) is 0 Å². The SMILES string of the molecule is O=[N+]([O-])C(F)CCc1ccccc1. The average Bonchev–Trinajstić information content (AvgIpc) is 2.15. The van der Waals surface area contributed by atoms with Gasteiger partial charge in [-0.15, -0.1) is 0 Å². The van der Waals surface area contributed by atoms with E-state index in [0.29, 0.717) is 6.42 Å². The fourth-order valence-corrected chi connectivity index (χ4v) is 1.04. The maximum Gasteiger partial charge on any atom is 0.350 e. The molecule has 0 N–H and O–H groups in total. The predicted molar refractivity (Wildman–Crippen MR) is 46.7 cm³/mol. The zero-order chi connectivity index (χ0) is 9.68. The summed E-state index contributed by atoms with van der Waals surface area (Å²) in [5, 5.41) is 9.95. The summed E-state index contributed by atoms with van der Waals surface area (Å²) in [6, 6.07) is 9.16. The molecule has 1 unspecified atom stereocenters. The fourth-order valence-electron chi connectivity index (χ4n) is 1.04. The lowest BCUT2D eigenvalue weighted by atomic mass is 10.1. The highest BCUT2D eigenvalue weighted by molar-refractivity contribution is 5.14. The number of rotatable bonds is 4. The molecule has 3 nitrogen and oxygen atoms in total. The molecule has 0 amide bonds. The summed E-state index contributed by atoms with van der Waals surface area (Å²) in [5.74, 6) is 0. The van der Waals surface area contributed by atoms with Crippen LogP contribution in [0.25, 0.3) is 0 Å². The van der Waals surface area contributed by atoms with E-state index in [0.717, 1.165) is 5.56 Å². The molecule has 1 aromatic carbocycles. The first-order chi connectivity index (χ1) is 6.20. The van der Waals surface area contributed by atoms with Crippen LogP contribution in [0.15, 0.2) is 30.3 Å². The third kappa shape index (κ3) is 3.19. The van der Waals surface area contributed by atoms with Crippen LogP contribution in [0.3, 0.4) is 0 Å². The first kappa shape index (κ1) is 9.64. The molecule has 70 valence electrons. The Labute approximate surface area is 75.3 Å². The summed E-state index contributed by atoms with van der Waals surface area (Å²) in [6.07, 6.45) is -1.60. The first-order valence-electron chi connectivity index (χ1n) is 4.01. The Morgan fingerprint density at radius 3 is 2.54 bits per heavy atom. The zero-order valence-electron chi connectivity index (χ0n) is 7.02. The molecular weight excluding hydrogens is 173 g/mol. The molecule has 0 heterocycles. The number of nitro groups is 1. The van der Waals surface area contributed by atoms with Gasteiger partial charge in [-0.3, -0.25) is 10.1 Å². The molecule has 0 saturated heterocycles. The van der Waals surface area contributed by atoms with Gasteiger partial charge in [0.15, 0.2) is 0 Å². The average molecular weight is 183 g/mol. The molecule has 0 spiro atoms. The van der Waals surface area contributed by atoms with Crippen LogP contribution >= 0.6 is 0 Å². The van der Waals surface area contributed by atoms with Gasteiger partial charge in [0.25, 0.3) is 0 Å². The van der Waals surface area contributed by atoms with E-state index in [2.05, 4.69) is 0 Å². The van der Waals surface area contributed by atoms with Gasteiger partial charge in [-0.2, -0.15) is 4.39 Å². The smallest absolute Gasteiger partial charge is 0.262 e. The standard InChI is InChI=1S/C9H10FNO2/c10-9(11(12)13)7-6-8-4-2-1-3-5-8/h1-5,9H,6-7H2. The third-order valence-electron chi connectivity index (χ3n) is 1.74. The van der Waals surface area contributed by atoms with Gasteiger partial charge in [0.1, 0.15) is 0 Å². The monoisotopic (exact) mass is 183 g/mol. The summed E-state index contributed by atoms with van der Waals surface area (Å²) in [7, 11) is 0. The lowest BCUT2D eigenvalue weighted by Gasteiger charge is -2.00. The van der Waals surface area contributed by atoms with Crippen molar-refractivity contribution in [2.45, 2.75) is 19.1 Å². The topological polar surface area (TPSA) is 43.1 Å². The second-order valence-electron chi connectivity index (χ2n) is 2.74.